The molecule has 4 rings (SSSR count). The van der Waals surface area contributed by atoms with Crippen molar-refractivity contribution < 1.29 is 9.90 Å². The van der Waals surface area contributed by atoms with E-state index < -0.39 is 5.60 Å². The van der Waals surface area contributed by atoms with E-state index in [1.54, 1.807) is 11.8 Å². The van der Waals surface area contributed by atoms with E-state index in [-0.39, 0.29) is 5.41 Å². The van der Waals surface area contributed by atoms with E-state index in [9.17, 15) is 9.90 Å². The van der Waals surface area contributed by atoms with Crippen LogP contribution in [-0.4, -0.2) is 28.5 Å². The van der Waals surface area contributed by atoms with Crippen molar-refractivity contribution in [1.82, 2.24) is 0 Å². The van der Waals surface area contributed by atoms with Crippen LogP contribution in [0.25, 0.3) is 0 Å². The highest BCUT2D eigenvalue weighted by atomic mass is 32.2. The molecule has 1 saturated carbocycles. The van der Waals surface area contributed by atoms with Crippen LogP contribution in [-0.2, 0) is 4.79 Å². The minimum atomic E-state index is -0.557. The molecule has 4 aliphatic rings. The number of aliphatic hydroxyl groups is 1. The summed E-state index contributed by atoms with van der Waals surface area (Å²) in [5.74, 6) is 2.28. The van der Waals surface area contributed by atoms with Crippen LogP contribution in [0.5, 0.6) is 0 Å². The van der Waals surface area contributed by atoms with Gasteiger partial charge in [0.2, 0.25) is 0 Å². The molecule has 0 saturated heterocycles. The van der Waals surface area contributed by atoms with Crippen molar-refractivity contribution in [1.29, 1.82) is 0 Å². The van der Waals surface area contributed by atoms with E-state index in [1.807, 2.05) is 6.08 Å². The third-order valence-corrected chi connectivity index (χ3v) is 8.07. The first kappa shape index (κ1) is 17.6. The Hall–Kier alpha value is -0.800. The second-order valence-electron chi connectivity index (χ2n) is 8.45. The summed E-state index contributed by atoms with van der Waals surface area (Å²) in [6.07, 6.45) is 16.8. The Morgan fingerprint density at radius 2 is 2.12 bits per heavy atom. The minimum absolute atomic E-state index is 0.0504. The van der Waals surface area contributed by atoms with E-state index in [0.717, 1.165) is 50.7 Å². The van der Waals surface area contributed by atoms with Crippen molar-refractivity contribution in [3.63, 3.8) is 0 Å². The maximum Gasteiger partial charge on any atom is 0.156 e. The topological polar surface area (TPSA) is 37.3 Å². The monoisotopic (exact) mass is 358 g/mol. The van der Waals surface area contributed by atoms with Gasteiger partial charge in [0, 0.05) is 17.6 Å². The summed E-state index contributed by atoms with van der Waals surface area (Å²) in [7, 11) is 0. The van der Waals surface area contributed by atoms with Crippen molar-refractivity contribution >= 4 is 17.5 Å². The molecular weight excluding hydrogens is 328 g/mol. The lowest BCUT2D eigenvalue weighted by molar-refractivity contribution is -0.114. The average molecular weight is 359 g/mol. The van der Waals surface area contributed by atoms with Gasteiger partial charge in [0.1, 0.15) is 0 Å². The molecule has 1 N–H and O–H groups in total. The molecule has 0 unspecified atom stereocenters. The van der Waals surface area contributed by atoms with E-state index in [0.29, 0.717) is 24.0 Å². The molecule has 136 valence electrons. The lowest BCUT2D eigenvalue weighted by atomic mass is 9.56. The molecule has 0 radical (unpaired) electrons. The average Bonchev–Trinajstić information content (AvgIpc) is 2.88. The predicted octanol–water partition coefficient (Wildman–Crippen LogP) is 4.84. The fourth-order valence-electron chi connectivity index (χ4n) is 6.32. The zero-order valence-electron chi connectivity index (χ0n) is 15.5. The molecule has 4 atom stereocenters. The number of carbonyl (C=O) groups excluding carboxylic acids is 1. The molecule has 0 aliphatic heterocycles. The Morgan fingerprint density at radius 3 is 2.88 bits per heavy atom. The molecule has 25 heavy (non-hydrogen) atoms. The highest BCUT2D eigenvalue weighted by molar-refractivity contribution is 7.98. The van der Waals surface area contributed by atoms with Gasteiger partial charge in [-0.25, -0.2) is 0 Å². The van der Waals surface area contributed by atoms with Gasteiger partial charge in [0.05, 0.1) is 5.60 Å². The summed E-state index contributed by atoms with van der Waals surface area (Å²) >= 11 is 1.78. The van der Waals surface area contributed by atoms with Crippen LogP contribution in [0, 0.1) is 17.3 Å². The number of ketones is 1. The summed E-state index contributed by atoms with van der Waals surface area (Å²) in [6, 6.07) is 0. The predicted molar refractivity (Wildman–Crippen MR) is 105 cm³/mol. The summed E-state index contributed by atoms with van der Waals surface area (Å²) in [5, 5.41) is 11.6. The van der Waals surface area contributed by atoms with Crippen LogP contribution < -0.4 is 0 Å². The van der Waals surface area contributed by atoms with Gasteiger partial charge in [-0.2, -0.15) is 11.8 Å². The minimum Gasteiger partial charge on any atom is -0.388 e. The highest BCUT2D eigenvalue weighted by Gasteiger charge is 2.60. The van der Waals surface area contributed by atoms with Gasteiger partial charge in [-0.3, -0.25) is 4.79 Å². The standard InChI is InChI=1S/C22H30O2S/c1-3-10-21-11-8-18-17-7-5-16(23)13-15(17)4-6-19(18)20(21)9-12-22(21,24)14-25-2/h8,11,13,19-20,24H,3-7,9-10,12,14H2,1-2H3/t19-,20+,21+,22-/m1/s1. The second-order valence-corrected chi connectivity index (χ2v) is 9.31. The molecule has 0 aromatic carbocycles. The van der Waals surface area contributed by atoms with Crippen molar-refractivity contribution in [2.75, 3.05) is 12.0 Å². The first-order chi connectivity index (χ1) is 12.0. The van der Waals surface area contributed by atoms with Crippen LogP contribution in [0.1, 0.15) is 58.3 Å². The fourth-order valence-corrected chi connectivity index (χ4v) is 7.21. The van der Waals surface area contributed by atoms with Gasteiger partial charge >= 0.3 is 0 Å². The Morgan fingerprint density at radius 1 is 1.28 bits per heavy atom. The summed E-state index contributed by atoms with van der Waals surface area (Å²) in [4.78, 5) is 11.8. The molecule has 0 heterocycles. The normalized spacial score (nSPS) is 39.8. The van der Waals surface area contributed by atoms with Crippen molar-refractivity contribution in [2.24, 2.45) is 17.3 Å². The molecule has 0 aromatic heterocycles. The number of rotatable bonds is 4. The Kier molecular flexibility index (Phi) is 4.52. The Bertz CT molecular complexity index is 674. The number of hydrogen-bond acceptors (Lipinski definition) is 3. The summed E-state index contributed by atoms with van der Waals surface area (Å²) in [6.45, 7) is 2.25. The zero-order valence-corrected chi connectivity index (χ0v) is 16.3. The molecule has 1 fully saturated rings. The molecule has 0 spiro atoms. The summed E-state index contributed by atoms with van der Waals surface area (Å²) < 4.78 is 0. The number of allylic oxidation sites excluding steroid dienone is 5. The maximum absolute atomic E-state index is 11.8. The van der Waals surface area contributed by atoms with Crippen LogP contribution in [0.4, 0.5) is 0 Å². The number of fused-ring (bicyclic) bond motifs is 4. The molecule has 3 heteroatoms. The van der Waals surface area contributed by atoms with E-state index in [1.165, 1.54) is 16.7 Å². The van der Waals surface area contributed by atoms with Crippen LogP contribution in [0.2, 0.25) is 0 Å². The highest BCUT2D eigenvalue weighted by Crippen LogP contribution is 2.63. The van der Waals surface area contributed by atoms with E-state index in [2.05, 4.69) is 25.3 Å². The molecule has 0 aromatic rings. The lowest BCUT2D eigenvalue weighted by Gasteiger charge is -2.50. The SMILES string of the molecule is CCC[C@]12C=CC3=C4CCC(=O)C=C4CC[C@H]3[C@@H]1CC[C@@]2(O)CSC. The quantitative estimate of drug-likeness (QED) is 0.781. The number of hydrogen-bond donors (Lipinski definition) is 1. The molecular formula is C22H30O2S. The number of thioether (sulfide) groups is 1. The molecule has 0 bridgehead atoms. The van der Waals surface area contributed by atoms with Crippen LogP contribution in [0.15, 0.2) is 34.9 Å². The van der Waals surface area contributed by atoms with Gasteiger partial charge < -0.3 is 5.11 Å². The van der Waals surface area contributed by atoms with Crippen molar-refractivity contribution in [3.8, 4) is 0 Å². The third kappa shape index (κ3) is 2.53. The molecule has 2 nitrogen and oxygen atoms in total. The van der Waals surface area contributed by atoms with Gasteiger partial charge in [0.15, 0.2) is 5.78 Å². The summed E-state index contributed by atoms with van der Waals surface area (Å²) in [5.41, 5.74) is 3.64. The Balaban J connectivity index is 1.80. The first-order valence-corrected chi connectivity index (χ1v) is 11.3. The molecule has 0 amide bonds. The second kappa shape index (κ2) is 6.42. The van der Waals surface area contributed by atoms with Gasteiger partial charge in [-0.05, 0) is 79.4 Å². The molecule has 4 aliphatic carbocycles. The maximum atomic E-state index is 11.8. The van der Waals surface area contributed by atoms with Gasteiger partial charge in [-0.1, -0.05) is 25.5 Å². The lowest BCUT2D eigenvalue weighted by Crippen LogP contribution is -2.51. The van der Waals surface area contributed by atoms with Gasteiger partial charge in [-0.15, -0.1) is 0 Å². The van der Waals surface area contributed by atoms with E-state index in [4.69, 9.17) is 0 Å². The van der Waals surface area contributed by atoms with Crippen LogP contribution >= 0.6 is 11.8 Å². The van der Waals surface area contributed by atoms with Crippen molar-refractivity contribution in [3.05, 3.63) is 34.9 Å². The first-order valence-electron chi connectivity index (χ1n) is 9.92. The fraction of sp³-hybridized carbons (Fsp3) is 0.682. The number of carbonyl (C=O) groups is 1. The smallest absolute Gasteiger partial charge is 0.156 e. The van der Waals surface area contributed by atoms with Crippen molar-refractivity contribution in [2.45, 2.75) is 63.9 Å². The Labute approximate surface area is 155 Å². The van der Waals surface area contributed by atoms with E-state index >= 15 is 0 Å². The van der Waals surface area contributed by atoms with Crippen LogP contribution in [0.3, 0.4) is 0 Å². The van der Waals surface area contributed by atoms with Gasteiger partial charge in [0.25, 0.3) is 0 Å². The largest absolute Gasteiger partial charge is 0.388 e. The third-order valence-electron chi connectivity index (χ3n) is 7.31. The zero-order chi connectivity index (χ0) is 17.7.